The Morgan fingerprint density at radius 1 is 1.36 bits per heavy atom. The number of hydrogen-bond donors (Lipinski definition) is 1. The molecule has 0 saturated carbocycles. The van der Waals surface area contributed by atoms with Crippen LogP contribution in [0.15, 0.2) is 6.07 Å². The van der Waals surface area contributed by atoms with Gasteiger partial charge in [0, 0.05) is 24.6 Å². The van der Waals surface area contributed by atoms with E-state index in [1.165, 1.54) is 0 Å². The fourth-order valence-corrected chi connectivity index (χ4v) is 1.80. The Hall–Kier alpha value is -1.81. The highest BCUT2D eigenvalue weighted by atomic mass is 19.4. The zero-order chi connectivity index (χ0) is 16.9. The Balaban J connectivity index is 3.00. The molecule has 0 aliphatic heterocycles. The minimum absolute atomic E-state index is 0.105. The fraction of sp³-hybridized carbons (Fsp3) is 0.533. The van der Waals surface area contributed by atoms with Crippen molar-refractivity contribution in [2.75, 3.05) is 6.54 Å². The molecule has 0 saturated heterocycles. The highest BCUT2D eigenvalue weighted by Gasteiger charge is 2.33. The van der Waals surface area contributed by atoms with Gasteiger partial charge in [-0.3, -0.25) is 4.79 Å². The van der Waals surface area contributed by atoms with E-state index in [0.29, 0.717) is 0 Å². The van der Waals surface area contributed by atoms with Crippen LogP contribution in [0.5, 0.6) is 5.75 Å². The molecule has 1 aromatic carbocycles. The van der Waals surface area contributed by atoms with Crippen LogP contribution in [0.4, 0.5) is 17.6 Å². The molecule has 0 aliphatic carbocycles. The van der Waals surface area contributed by atoms with Crippen LogP contribution in [0.2, 0.25) is 0 Å². The summed E-state index contributed by atoms with van der Waals surface area (Å²) in [6, 6.07) is 5.31. The van der Waals surface area contributed by atoms with Gasteiger partial charge >= 0.3 is 6.36 Å². The zero-order valence-corrected chi connectivity index (χ0v) is 12.5. The molecule has 0 aromatic heterocycles. The van der Waals surface area contributed by atoms with E-state index < -0.39 is 23.8 Å². The smallest absolute Gasteiger partial charge is 0.394 e. The second kappa shape index (κ2) is 7.45. The van der Waals surface area contributed by atoms with Gasteiger partial charge in [0.05, 0.1) is 5.92 Å². The van der Waals surface area contributed by atoms with E-state index in [2.05, 4.69) is 16.1 Å². The van der Waals surface area contributed by atoms with Gasteiger partial charge in [0.2, 0.25) is 5.75 Å². The van der Waals surface area contributed by atoms with Crippen LogP contribution < -0.4 is 10.1 Å². The Bertz CT molecular complexity index is 515. The van der Waals surface area contributed by atoms with Crippen molar-refractivity contribution in [1.82, 2.24) is 5.32 Å². The molecule has 1 N–H and O–H groups in total. The van der Waals surface area contributed by atoms with E-state index in [1.807, 2.05) is 19.9 Å². The molecule has 0 spiro atoms. The summed E-state index contributed by atoms with van der Waals surface area (Å²) < 4.78 is 53.4. The van der Waals surface area contributed by atoms with Crippen molar-refractivity contribution < 1.29 is 27.1 Å². The molecule has 0 aliphatic rings. The Kier molecular flexibility index (Phi) is 6.18. The molecule has 3 nitrogen and oxygen atoms in total. The van der Waals surface area contributed by atoms with Gasteiger partial charge in [-0.15, -0.1) is 13.2 Å². The van der Waals surface area contributed by atoms with Gasteiger partial charge in [0.15, 0.2) is 5.82 Å². The summed E-state index contributed by atoms with van der Waals surface area (Å²) in [6.07, 6.45) is -4.79. The topological polar surface area (TPSA) is 38.3 Å². The first-order valence-corrected chi connectivity index (χ1v) is 6.79. The Labute approximate surface area is 126 Å². The molecular weight excluding hydrogens is 302 g/mol. The summed E-state index contributed by atoms with van der Waals surface area (Å²) in [5.74, 6) is -3.18. The molecule has 7 heteroatoms. The molecule has 0 fully saturated rings. The number of halogens is 4. The maximum Gasteiger partial charge on any atom is 0.573 e. The van der Waals surface area contributed by atoms with E-state index in [4.69, 9.17) is 0 Å². The largest absolute Gasteiger partial charge is 0.573 e. The molecular formula is C15H17F4NO2. The molecule has 122 valence electrons. The van der Waals surface area contributed by atoms with Crippen LogP contribution in [0, 0.1) is 17.9 Å². The average Bonchev–Trinajstić information content (AvgIpc) is 2.39. The monoisotopic (exact) mass is 319 g/mol. The number of hydrogen-bond acceptors (Lipinski definition) is 3. The molecule has 1 aromatic rings. The zero-order valence-electron chi connectivity index (χ0n) is 12.5. The predicted molar refractivity (Wildman–Crippen MR) is 71.9 cm³/mol. The fourth-order valence-electron chi connectivity index (χ4n) is 1.80. The van der Waals surface area contributed by atoms with E-state index in [9.17, 15) is 22.4 Å². The van der Waals surface area contributed by atoms with Gasteiger partial charge in [-0.05, 0) is 12.1 Å². The van der Waals surface area contributed by atoms with Crippen LogP contribution in [-0.2, 0) is 4.79 Å². The average molecular weight is 319 g/mol. The van der Waals surface area contributed by atoms with Gasteiger partial charge in [0.1, 0.15) is 5.78 Å². The number of ketones is 1. The second-order valence-electron chi connectivity index (χ2n) is 5.01. The number of carbonyl (C=O) groups excluding carboxylic acids is 1. The van der Waals surface area contributed by atoms with E-state index in [1.54, 1.807) is 6.92 Å². The van der Waals surface area contributed by atoms with Crippen molar-refractivity contribution in [3.63, 3.8) is 0 Å². The summed E-state index contributed by atoms with van der Waals surface area (Å²) in [5.41, 5.74) is 0.145. The lowest BCUT2D eigenvalue weighted by Gasteiger charge is -2.17. The molecule has 22 heavy (non-hydrogen) atoms. The van der Waals surface area contributed by atoms with Crippen LogP contribution in [0.25, 0.3) is 0 Å². The molecule has 1 atom stereocenters. The quantitative estimate of drug-likeness (QED) is 0.783. The summed E-state index contributed by atoms with van der Waals surface area (Å²) >= 11 is 0. The van der Waals surface area contributed by atoms with Crippen LogP contribution in [0.1, 0.15) is 38.7 Å². The van der Waals surface area contributed by atoms with Crippen LogP contribution in [0.3, 0.4) is 0 Å². The minimum Gasteiger partial charge on any atom is -0.394 e. The van der Waals surface area contributed by atoms with Gasteiger partial charge < -0.3 is 10.1 Å². The SMILES string of the molecule is CCC(=O)[C@H](CNC(C)C)c1c#cc(OC(F)(F)F)c(F)c1. The molecule has 0 unspecified atom stereocenters. The number of ether oxygens (including phenoxy) is 1. The first kappa shape index (κ1) is 18.2. The Morgan fingerprint density at radius 2 is 2.00 bits per heavy atom. The Morgan fingerprint density at radius 3 is 2.45 bits per heavy atom. The number of nitrogens with one attached hydrogen (secondary N) is 1. The lowest BCUT2D eigenvalue weighted by Crippen LogP contribution is -2.31. The van der Waals surface area contributed by atoms with Crippen molar-refractivity contribution in [3.05, 3.63) is 29.6 Å². The lowest BCUT2D eigenvalue weighted by atomic mass is 9.94. The number of rotatable bonds is 7. The maximum atomic E-state index is 13.7. The molecule has 0 amide bonds. The third-order valence-corrected chi connectivity index (χ3v) is 2.88. The van der Waals surface area contributed by atoms with E-state index in [-0.39, 0.29) is 30.4 Å². The van der Waals surface area contributed by atoms with E-state index in [0.717, 1.165) is 6.07 Å². The van der Waals surface area contributed by atoms with Gasteiger partial charge in [-0.1, -0.05) is 26.8 Å². The first-order chi connectivity index (χ1) is 10.1. The van der Waals surface area contributed by atoms with Gasteiger partial charge in [-0.25, -0.2) is 4.39 Å². The van der Waals surface area contributed by atoms with Crippen molar-refractivity contribution in [3.8, 4) is 5.75 Å². The predicted octanol–water partition coefficient (Wildman–Crippen LogP) is 3.39. The van der Waals surface area contributed by atoms with Gasteiger partial charge in [-0.2, -0.15) is 0 Å². The highest BCUT2D eigenvalue weighted by molar-refractivity contribution is 5.85. The molecule has 0 bridgehead atoms. The van der Waals surface area contributed by atoms with E-state index >= 15 is 0 Å². The molecule has 0 radical (unpaired) electrons. The summed E-state index contributed by atoms with van der Waals surface area (Å²) in [5, 5.41) is 3.04. The van der Waals surface area contributed by atoms with Crippen molar-refractivity contribution >= 4 is 5.78 Å². The molecule has 1 rings (SSSR count). The van der Waals surface area contributed by atoms with Crippen molar-refractivity contribution in [2.24, 2.45) is 0 Å². The normalized spacial score (nSPS) is 12.9. The second-order valence-corrected chi connectivity index (χ2v) is 5.01. The number of alkyl halides is 3. The van der Waals surface area contributed by atoms with Gasteiger partial charge in [0.25, 0.3) is 0 Å². The van der Waals surface area contributed by atoms with Crippen LogP contribution in [-0.4, -0.2) is 24.7 Å². The third-order valence-electron chi connectivity index (χ3n) is 2.88. The number of carbonyl (C=O) groups is 1. The van der Waals surface area contributed by atoms with Crippen molar-refractivity contribution in [2.45, 2.75) is 45.5 Å². The summed E-state index contributed by atoms with van der Waals surface area (Å²) in [6.45, 7) is 5.66. The first-order valence-electron chi connectivity index (χ1n) is 6.79. The minimum atomic E-state index is -5.01. The highest BCUT2D eigenvalue weighted by Crippen LogP contribution is 2.26. The van der Waals surface area contributed by atoms with Crippen LogP contribution >= 0.6 is 0 Å². The lowest BCUT2D eigenvalue weighted by molar-refractivity contribution is -0.275. The third kappa shape index (κ3) is 5.53. The number of Topliss-reactive ketones (excluding diaryl/α,β-unsaturated/α-hetero) is 1. The standard InChI is InChI=1S/C15H17F4NO2/c1-4-13(21)11(8-20-9(2)3)10-5-6-14(12(16)7-10)22-15(17,18)19/h7,9,11,20H,4,8H2,1-3H3/t11-/m1/s1. The van der Waals surface area contributed by atoms with Crippen molar-refractivity contribution in [1.29, 1.82) is 0 Å². The maximum absolute atomic E-state index is 13.7. The molecule has 0 heterocycles. The summed E-state index contributed by atoms with van der Waals surface area (Å²) in [7, 11) is 0. The summed E-state index contributed by atoms with van der Waals surface area (Å²) in [4.78, 5) is 11.9.